The van der Waals surface area contributed by atoms with Crippen molar-refractivity contribution in [3.05, 3.63) is 12.7 Å². The van der Waals surface area contributed by atoms with Crippen LogP contribution < -0.4 is 5.32 Å². The fourth-order valence-corrected chi connectivity index (χ4v) is 1.84. The van der Waals surface area contributed by atoms with Crippen molar-refractivity contribution in [3.63, 3.8) is 0 Å². The number of rotatable bonds is 12. The van der Waals surface area contributed by atoms with Crippen molar-refractivity contribution in [1.29, 1.82) is 0 Å². The quantitative estimate of drug-likeness (QED) is 0.407. The van der Waals surface area contributed by atoms with E-state index in [1.165, 1.54) is 32.1 Å². The average Bonchev–Trinajstić information content (AvgIpc) is 2.31. The highest BCUT2D eigenvalue weighted by atomic mass is 16.4. The van der Waals surface area contributed by atoms with Gasteiger partial charge >= 0.3 is 5.97 Å². The number of unbranched alkanes of at least 4 members (excludes halogenated alkanes) is 6. The molecule has 3 nitrogen and oxygen atoms in total. The first-order chi connectivity index (χ1) is 8.22. The van der Waals surface area contributed by atoms with E-state index >= 15 is 0 Å². The standard InChI is InChI=1S/C14H27NO2/c1-3-5-6-7-8-9-10-11-13(14(16)17)15-12-4-2/h4,13,15H,2-3,5-12H2,1H3,(H,16,17). The van der Waals surface area contributed by atoms with Crippen LogP contribution in [0.5, 0.6) is 0 Å². The van der Waals surface area contributed by atoms with Gasteiger partial charge in [0, 0.05) is 6.54 Å². The maximum absolute atomic E-state index is 10.9. The summed E-state index contributed by atoms with van der Waals surface area (Å²) in [5.41, 5.74) is 0. The Morgan fingerprint density at radius 3 is 2.35 bits per heavy atom. The summed E-state index contributed by atoms with van der Waals surface area (Å²) in [6.07, 6.45) is 11.0. The summed E-state index contributed by atoms with van der Waals surface area (Å²) in [6, 6.07) is -0.413. The average molecular weight is 241 g/mol. The topological polar surface area (TPSA) is 49.3 Å². The lowest BCUT2D eigenvalue weighted by atomic mass is 10.1. The summed E-state index contributed by atoms with van der Waals surface area (Å²) in [7, 11) is 0. The Hall–Kier alpha value is -0.830. The van der Waals surface area contributed by atoms with E-state index in [0.29, 0.717) is 6.54 Å². The predicted molar refractivity (Wildman–Crippen MR) is 72.2 cm³/mol. The third-order valence-electron chi connectivity index (χ3n) is 2.90. The van der Waals surface area contributed by atoms with Crippen LogP contribution in [0.1, 0.15) is 58.3 Å². The molecule has 0 aliphatic heterocycles. The molecule has 0 aliphatic rings. The number of carboxylic acid groups (broad SMARTS) is 1. The van der Waals surface area contributed by atoms with Gasteiger partial charge in [-0.1, -0.05) is 57.9 Å². The summed E-state index contributed by atoms with van der Waals surface area (Å²) in [4.78, 5) is 10.9. The molecule has 0 heterocycles. The Labute approximate surface area is 105 Å². The minimum Gasteiger partial charge on any atom is -0.480 e. The molecule has 0 aromatic heterocycles. The molecule has 17 heavy (non-hydrogen) atoms. The molecule has 0 aromatic rings. The predicted octanol–water partition coefficient (Wildman–Crippen LogP) is 3.36. The molecule has 1 atom stereocenters. The van der Waals surface area contributed by atoms with Gasteiger partial charge in [-0.15, -0.1) is 6.58 Å². The molecule has 0 saturated heterocycles. The minimum atomic E-state index is -0.752. The van der Waals surface area contributed by atoms with Gasteiger partial charge in [-0.25, -0.2) is 0 Å². The minimum absolute atomic E-state index is 0.413. The van der Waals surface area contributed by atoms with Crippen molar-refractivity contribution in [1.82, 2.24) is 5.32 Å². The molecule has 3 heteroatoms. The molecule has 0 aromatic carbocycles. The molecule has 0 saturated carbocycles. The molecule has 0 fully saturated rings. The van der Waals surface area contributed by atoms with E-state index in [0.717, 1.165) is 19.3 Å². The molecular formula is C14H27NO2. The van der Waals surface area contributed by atoms with Gasteiger partial charge in [-0.05, 0) is 6.42 Å². The molecule has 0 bridgehead atoms. The van der Waals surface area contributed by atoms with Crippen LogP contribution in [0.2, 0.25) is 0 Å². The summed E-state index contributed by atoms with van der Waals surface area (Å²) in [5, 5.41) is 11.9. The van der Waals surface area contributed by atoms with Crippen LogP contribution in [0, 0.1) is 0 Å². The van der Waals surface area contributed by atoms with Crippen LogP contribution in [0.15, 0.2) is 12.7 Å². The fraction of sp³-hybridized carbons (Fsp3) is 0.786. The Morgan fingerprint density at radius 1 is 1.24 bits per heavy atom. The van der Waals surface area contributed by atoms with E-state index in [2.05, 4.69) is 18.8 Å². The van der Waals surface area contributed by atoms with Gasteiger partial charge in [-0.3, -0.25) is 4.79 Å². The van der Waals surface area contributed by atoms with Gasteiger partial charge in [0.2, 0.25) is 0 Å². The lowest BCUT2D eigenvalue weighted by Gasteiger charge is -2.12. The highest BCUT2D eigenvalue weighted by Gasteiger charge is 2.14. The first kappa shape index (κ1) is 16.2. The summed E-state index contributed by atoms with van der Waals surface area (Å²) >= 11 is 0. The van der Waals surface area contributed by atoms with Crippen LogP contribution in [-0.4, -0.2) is 23.7 Å². The number of carbonyl (C=O) groups is 1. The third-order valence-corrected chi connectivity index (χ3v) is 2.90. The van der Waals surface area contributed by atoms with Crippen LogP contribution >= 0.6 is 0 Å². The lowest BCUT2D eigenvalue weighted by Crippen LogP contribution is -2.36. The SMILES string of the molecule is C=CCNC(CCCCCCCCC)C(=O)O. The van der Waals surface area contributed by atoms with Crippen LogP contribution in [0.3, 0.4) is 0 Å². The number of nitrogens with one attached hydrogen (secondary N) is 1. The molecule has 0 aliphatic carbocycles. The second kappa shape index (κ2) is 11.6. The van der Waals surface area contributed by atoms with Crippen molar-refractivity contribution in [3.8, 4) is 0 Å². The van der Waals surface area contributed by atoms with Gasteiger partial charge in [0.25, 0.3) is 0 Å². The van der Waals surface area contributed by atoms with Crippen LogP contribution in [-0.2, 0) is 4.79 Å². The van der Waals surface area contributed by atoms with E-state index in [9.17, 15) is 4.79 Å². The van der Waals surface area contributed by atoms with Crippen molar-refractivity contribution < 1.29 is 9.90 Å². The van der Waals surface area contributed by atoms with E-state index < -0.39 is 12.0 Å². The second-order valence-electron chi connectivity index (χ2n) is 4.50. The normalized spacial score (nSPS) is 12.3. The molecular weight excluding hydrogens is 214 g/mol. The largest absolute Gasteiger partial charge is 0.480 e. The van der Waals surface area contributed by atoms with Gasteiger partial charge in [-0.2, -0.15) is 0 Å². The van der Waals surface area contributed by atoms with Crippen LogP contribution in [0.25, 0.3) is 0 Å². The molecule has 1 unspecified atom stereocenters. The zero-order valence-corrected chi connectivity index (χ0v) is 11.1. The molecule has 0 amide bonds. The molecule has 100 valence electrons. The van der Waals surface area contributed by atoms with Crippen molar-refractivity contribution in [2.24, 2.45) is 0 Å². The summed E-state index contributed by atoms with van der Waals surface area (Å²) in [5.74, 6) is -0.752. The molecule has 0 radical (unpaired) electrons. The zero-order valence-electron chi connectivity index (χ0n) is 11.1. The van der Waals surface area contributed by atoms with Crippen LogP contribution in [0.4, 0.5) is 0 Å². The highest BCUT2D eigenvalue weighted by molar-refractivity contribution is 5.73. The Bertz CT molecular complexity index is 204. The Morgan fingerprint density at radius 2 is 1.82 bits per heavy atom. The monoisotopic (exact) mass is 241 g/mol. The van der Waals surface area contributed by atoms with Crippen molar-refractivity contribution in [2.45, 2.75) is 64.3 Å². The number of hydrogen-bond acceptors (Lipinski definition) is 2. The maximum Gasteiger partial charge on any atom is 0.320 e. The summed E-state index contributed by atoms with van der Waals surface area (Å²) < 4.78 is 0. The van der Waals surface area contributed by atoms with Gasteiger partial charge in [0.1, 0.15) is 6.04 Å². The van der Waals surface area contributed by atoms with E-state index in [1.807, 2.05) is 0 Å². The van der Waals surface area contributed by atoms with E-state index in [4.69, 9.17) is 5.11 Å². The lowest BCUT2D eigenvalue weighted by molar-refractivity contribution is -0.139. The van der Waals surface area contributed by atoms with Gasteiger partial charge in [0.15, 0.2) is 0 Å². The van der Waals surface area contributed by atoms with E-state index in [1.54, 1.807) is 6.08 Å². The summed E-state index contributed by atoms with van der Waals surface area (Å²) in [6.45, 7) is 6.35. The zero-order chi connectivity index (χ0) is 12.9. The van der Waals surface area contributed by atoms with E-state index in [-0.39, 0.29) is 0 Å². The van der Waals surface area contributed by atoms with Crippen molar-refractivity contribution in [2.75, 3.05) is 6.54 Å². The second-order valence-corrected chi connectivity index (χ2v) is 4.50. The number of hydrogen-bond donors (Lipinski definition) is 2. The Balaban J connectivity index is 3.47. The highest BCUT2D eigenvalue weighted by Crippen LogP contribution is 2.09. The molecule has 2 N–H and O–H groups in total. The first-order valence-electron chi connectivity index (χ1n) is 6.79. The number of aliphatic carboxylic acids is 1. The Kier molecular flexibility index (Phi) is 11.1. The smallest absolute Gasteiger partial charge is 0.320 e. The molecule has 0 spiro atoms. The van der Waals surface area contributed by atoms with Gasteiger partial charge in [0.05, 0.1) is 0 Å². The maximum atomic E-state index is 10.9. The first-order valence-corrected chi connectivity index (χ1v) is 6.79. The number of carboxylic acids is 1. The van der Waals surface area contributed by atoms with Gasteiger partial charge < -0.3 is 10.4 Å². The third kappa shape index (κ3) is 10.1. The fourth-order valence-electron chi connectivity index (χ4n) is 1.84. The van der Waals surface area contributed by atoms with Crippen molar-refractivity contribution >= 4 is 5.97 Å². The molecule has 0 rings (SSSR count).